The van der Waals surface area contributed by atoms with Crippen LogP contribution in [0.1, 0.15) is 39.5 Å². The molecule has 80 valence electrons. The van der Waals surface area contributed by atoms with Crippen LogP contribution in [0, 0.1) is 12.8 Å². The summed E-state index contributed by atoms with van der Waals surface area (Å²) in [6.45, 7) is 11.7. The van der Waals surface area contributed by atoms with Crippen molar-refractivity contribution >= 4 is 5.97 Å². The Morgan fingerprint density at radius 2 is 2.21 bits per heavy atom. The van der Waals surface area contributed by atoms with Crippen molar-refractivity contribution in [3.05, 3.63) is 19.1 Å². The van der Waals surface area contributed by atoms with Gasteiger partial charge in [-0.25, -0.2) is 4.79 Å². The van der Waals surface area contributed by atoms with Gasteiger partial charge in [-0.15, -0.1) is 0 Å². The first-order chi connectivity index (χ1) is 6.61. The molecule has 0 spiro atoms. The summed E-state index contributed by atoms with van der Waals surface area (Å²) in [6.07, 6.45) is 4.25. The lowest BCUT2D eigenvalue weighted by atomic mass is 10.0. The molecule has 0 N–H and O–H groups in total. The lowest BCUT2D eigenvalue weighted by molar-refractivity contribution is -0.140. The number of carbonyl (C=O) groups is 1. The minimum atomic E-state index is -0.292. The summed E-state index contributed by atoms with van der Waals surface area (Å²) in [5.74, 6) is 0.109. The number of hydrogen-bond acceptors (Lipinski definition) is 2. The Labute approximate surface area is 87.3 Å². The van der Waals surface area contributed by atoms with Gasteiger partial charge in [-0.1, -0.05) is 26.3 Å². The van der Waals surface area contributed by atoms with Gasteiger partial charge in [0, 0.05) is 11.5 Å². The largest absolute Gasteiger partial charge is 0.462 e. The number of rotatable bonds is 7. The fourth-order valence-electron chi connectivity index (χ4n) is 1.12. The molecule has 0 aromatic carbocycles. The second-order valence-corrected chi connectivity index (χ2v) is 3.68. The molecule has 0 amide bonds. The van der Waals surface area contributed by atoms with E-state index in [4.69, 9.17) is 4.74 Å². The molecule has 0 aromatic rings. The third-order valence-corrected chi connectivity index (χ3v) is 2.17. The minimum Gasteiger partial charge on any atom is -0.462 e. The van der Waals surface area contributed by atoms with Crippen LogP contribution in [0.5, 0.6) is 0 Å². The Balaban J connectivity index is 3.71. The highest BCUT2D eigenvalue weighted by Gasteiger charge is 2.12. The smallest absolute Gasteiger partial charge is 0.333 e. The van der Waals surface area contributed by atoms with Crippen molar-refractivity contribution in [2.24, 2.45) is 5.92 Å². The standard InChI is InChI=1S/C12H21O2/c1-5-7-8-11(6-2)9-14-12(13)10(3)4/h11H,2-3,5-9H2,1,4H3/q+1. The molecule has 2 nitrogen and oxygen atoms in total. The lowest BCUT2D eigenvalue weighted by Crippen LogP contribution is -2.14. The molecular weight excluding hydrogens is 176 g/mol. The van der Waals surface area contributed by atoms with E-state index in [1.54, 1.807) is 6.92 Å². The summed E-state index contributed by atoms with van der Waals surface area (Å²) in [5, 5.41) is 0. The molecule has 0 fully saturated rings. The topological polar surface area (TPSA) is 26.3 Å². The molecule has 0 aliphatic carbocycles. The van der Waals surface area contributed by atoms with Gasteiger partial charge in [-0.2, -0.15) is 0 Å². The van der Waals surface area contributed by atoms with Crippen molar-refractivity contribution < 1.29 is 9.53 Å². The predicted molar refractivity (Wildman–Crippen MR) is 58.8 cm³/mol. The van der Waals surface area contributed by atoms with Crippen LogP contribution in [0.3, 0.4) is 0 Å². The van der Waals surface area contributed by atoms with E-state index in [0.717, 1.165) is 12.8 Å². The van der Waals surface area contributed by atoms with Crippen LogP contribution in [-0.2, 0) is 9.53 Å². The normalized spacial score (nSPS) is 12.1. The lowest BCUT2D eigenvalue weighted by Gasteiger charge is -2.11. The highest BCUT2D eigenvalue weighted by molar-refractivity contribution is 5.86. The molecule has 0 aliphatic rings. The van der Waals surface area contributed by atoms with E-state index < -0.39 is 0 Å². The van der Waals surface area contributed by atoms with Crippen molar-refractivity contribution in [3.8, 4) is 0 Å². The SMILES string of the molecule is C=C(C)C(=O)OCC(C[CH2+])CCCC. The zero-order valence-electron chi connectivity index (χ0n) is 9.34. The highest BCUT2D eigenvalue weighted by atomic mass is 16.5. The minimum absolute atomic E-state index is 0.292. The third-order valence-electron chi connectivity index (χ3n) is 2.17. The first-order valence-corrected chi connectivity index (χ1v) is 5.23. The van der Waals surface area contributed by atoms with Crippen molar-refractivity contribution in [2.75, 3.05) is 6.61 Å². The first-order valence-electron chi connectivity index (χ1n) is 5.23. The summed E-state index contributed by atoms with van der Waals surface area (Å²) < 4.78 is 5.08. The Kier molecular flexibility index (Phi) is 6.99. The average molecular weight is 197 g/mol. The molecule has 2 heteroatoms. The van der Waals surface area contributed by atoms with E-state index in [9.17, 15) is 4.79 Å². The van der Waals surface area contributed by atoms with Crippen molar-refractivity contribution in [3.63, 3.8) is 0 Å². The van der Waals surface area contributed by atoms with Gasteiger partial charge < -0.3 is 4.74 Å². The zero-order chi connectivity index (χ0) is 11.0. The molecule has 0 saturated heterocycles. The van der Waals surface area contributed by atoms with E-state index in [1.807, 2.05) is 0 Å². The van der Waals surface area contributed by atoms with E-state index >= 15 is 0 Å². The highest BCUT2D eigenvalue weighted by Crippen LogP contribution is 2.13. The fraction of sp³-hybridized carbons (Fsp3) is 0.667. The quantitative estimate of drug-likeness (QED) is 0.356. The van der Waals surface area contributed by atoms with E-state index in [0.29, 0.717) is 18.1 Å². The summed E-state index contributed by atoms with van der Waals surface area (Å²) in [7, 11) is 0. The third kappa shape index (κ3) is 5.68. The maximum atomic E-state index is 11.1. The Hall–Kier alpha value is -0.920. The van der Waals surface area contributed by atoms with Crippen molar-refractivity contribution in [1.82, 2.24) is 0 Å². The monoisotopic (exact) mass is 197 g/mol. The fourth-order valence-corrected chi connectivity index (χ4v) is 1.12. The van der Waals surface area contributed by atoms with Gasteiger partial charge in [0.25, 0.3) is 0 Å². The number of hydrogen-bond donors (Lipinski definition) is 0. The number of ether oxygens (including phenoxy) is 1. The molecule has 0 heterocycles. The van der Waals surface area contributed by atoms with E-state index in [-0.39, 0.29) is 5.97 Å². The van der Waals surface area contributed by atoms with Gasteiger partial charge in [-0.3, -0.25) is 0 Å². The van der Waals surface area contributed by atoms with Crippen LogP contribution in [0.25, 0.3) is 0 Å². The van der Waals surface area contributed by atoms with Gasteiger partial charge in [0.2, 0.25) is 0 Å². The average Bonchev–Trinajstić information content (AvgIpc) is 2.17. The second-order valence-electron chi connectivity index (χ2n) is 3.68. The molecule has 0 rings (SSSR count). The second kappa shape index (κ2) is 7.48. The van der Waals surface area contributed by atoms with Crippen molar-refractivity contribution in [1.29, 1.82) is 0 Å². The van der Waals surface area contributed by atoms with Gasteiger partial charge in [-0.05, 0) is 13.3 Å². The molecule has 1 unspecified atom stereocenters. The molecule has 0 radical (unpaired) electrons. The summed E-state index contributed by atoms with van der Waals surface area (Å²) in [6, 6.07) is 0. The van der Waals surface area contributed by atoms with E-state index in [2.05, 4.69) is 20.4 Å². The Morgan fingerprint density at radius 1 is 1.57 bits per heavy atom. The summed E-state index contributed by atoms with van der Waals surface area (Å²) >= 11 is 0. The molecule has 0 aromatic heterocycles. The van der Waals surface area contributed by atoms with Crippen LogP contribution < -0.4 is 0 Å². The number of carbonyl (C=O) groups excluding carboxylic acids is 1. The number of esters is 1. The first kappa shape index (κ1) is 13.1. The van der Waals surface area contributed by atoms with E-state index in [1.165, 1.54) is 12.8 Å². The molecule has 0 aliphatic heterocycles. The molecule has 0 saturated carbocycles. The summed E-state index contributed by atoms with van der Waals surface area (Å²) in [4.78, 5) is 11.1. The van der Waals surface area contributed by atoms with Crippen LogP contribution in [0.4, 0.5) is 0 Å². The molecule has 0 bridgehead atoms. The Morgan fingerprint density at radius 3 is 2.64 bits per heavy atom. The Bertz CT molecular complexity index is 185. The van der Waals surface area contributed by atoms with Gasteiger partial charge >= 0.3 is 5.97 Å². The predicted octanol–water partition coefficient (Wildman–Crippen LogP) is 3.14. The molecule has 14 heavy (non-hydrogen) atoms. The maximum Gasteiger partial charge on any atom is 0.333 e. The van der Waals surface area contributed by atoms with Gasteiger partial charge in [0.15, 0.2) is 0 Å². The molecule has 1 atom stereocenters. The van der Waals surface area contributed by atoms with Crippen LogP contribution >= 0.6 is 0 Å². The molecular formula is C12H21O2+. The van der Waals surface area contributed by atoms with Crippen LogP contribution in [-0.4, -0.2) is 12.6 Å². The van der Waals surface area contributed by atoms with Gasteiger partial charge in [0.1, 0.15) is 0 Å². The maximum absolute atomic E-state index is 11.1. The van der Waals surface area contributed by atoms with Crippen LogP contribution in [0.2, 0.25) is 0 Å². The van der Waals surface area contributed by atoms with Crippen molar-refractivity contribution in [2.45, 2.75) is 39.5 Å². The number of unbranched alkanes of at least 4 members (excludes halogenated alkanes) is 1. The van der Waals surface area contributed by atoms with Crippen LogP contribution in [0.15, 0.2) is 12.2 Å². The zero-order valence-corrected chi connectivity index (χ0v) is 9.34. The summed E-state index contributed by atoms with van der Waals surface area (Å²) in [5.41, 5.74) is 0.461. The van der Waals surface area contributed by atoms with Gasteiger partial charge in [0.05, 0.1) is 20.0 Å².